The first kappa shape index (κ1) is 77.4. The van der Waals surface area contributed by atoms with Crippen molar-refractivity contribution in [3.05, 3.63) is 36.0 Å². The summed E-state index contributed by atoms with van der Waals surface area (Å²) in [6, 6.07) is 0. The molecule has 1 aliphatic heterocycles. The van der Waals surface area contributed by atoms with Crippen LogP contribution in [0.25, 0.3) is 0 Å². The molecule has 0 aromatic heterocycles. The van der Waals surface area contributed by atoms with Gasteiger partial charge >= 0.3 is 30.7 Å². The van der Waals surface area contributed by atoms with Crippen LogP contribution in [0.1, 0.15) is 57.4 Å². The van der Waals surface area contributed by atoms with E-state index in [9.17, 15) is 58.3 Å². The molecule has 1 rings (SSSR count). The number of hydrogen-bond acceptors (Lipinski definition) is 1. The fourth-order valence-corrected chi connectivity index (χ4v) is 0.510. The van der Waals surface area contributed by atoms with Crippen LogP contribution in [0.2, 0.25) is 0 Å². The monoisotopic (exact) mass is 954 g/mol. The van der Waals surface area contributed by atoms with Gasteiger partial charge in [0.15, 0.2) is 0 Å². The van der Waals surface area contributed by atoms with Crippen molar-refractivity contribution in [1.29, 1.82) is 0 Å². The normalized spacial score (nSPS) is 16.5. The zero-order chi connectivity index (χ0) is 24.9. The smallest absolute Gasteiger partial charge is 0.303 e. The molecule has 1 nitrogen and oxygen atoms in total. The van der Waals surface area contributed by atoms with E-state index in [0.717, 1.165) is 13.2 Å². The quantitative estimate of drug-likeness (QED) is 0.256. The van der Waals surface area contributed by atoms with Crippen molar-refractivity contribution in [3.63, 3.8) is 0 Å². The van der Waals surface area contributed by atoms with Crippen molar-refractivity contribution in [3.8, 4) is 0 Å². The zero-order valence-corrected chi connectivity index (χ0v) is 25.0. The van der Waals surface area contributed by atoms with E-state index in [0.29, 0.717) is 0 Å². The standard InChI is InChI=1S/C4H8O.3C2H3F5S.6CH4.V.W.Y/c1-2-4-5-3-1;3*1-2-8(3,4,5,6)7;;;;;;;;;/h1-4H2;3*2H,1H2;6*1H4;;;. The average Bonchev–Trinajstić information content (AvgIpc) is 2.92. The Bertz CT molecular complexity index is 529. The van der Waals surface area contributed by atoms with Gasteiger partial charge in [-0.25, -0.2) is 0 Å². The van der Waals surface area contributed by atoms with Gasteiger partial charge in [0.2, 0.25) is 0 Å². The van der Waals surface area contributed by atoms with Crippen LogP contribution >= 0.6 is 30.7 Å². The molecular formula is C16H41F15OS3VWY. The molecule has 0 N–H and O–H groups in total. The molecule has 0 unspecified atom stereocenters. The predicted octanol–water partition coefficient (Wildman–Crippen LogP) is 14.9. The summed E-state index contributed by atoms with van der Waals surface area (Å²) in [6.07, 6.45) is 2.56. The first-order chi connectivity index (χ1) is 11.6. The summed E-state index contributed by atoms with van der Waals surface area (Å²) in [5.74, 6) is 0. The second-order valence-electron chi connectivity index (χ2n) is 4.91. The van der Waals surface area contributed by atoms with Gasteiger partial charge in [-0.15, -0.1) is 0 Å². The molecule has 1 heterocycles. The van der Waals surface area contributed by atoms with Gasteiger partial charge in [-0.2, -0.15) is 0 Å². The van der Waals surface area contributed by atoms with Gasteiger partial charge in [-0.1, -0.05) is 123 Å². The summed E-state index contributed by atoms with van der Waals surface area (Å²) >= 11 is 0. The molecule has 248 valence electrons. The van der Waals surface area contributed by atoms with E-state index in [1.807, 2.05) is 19.7 Å². The molecule has 1 fully saturated rings. The van der Waals surface area contributed by atoms with Crippen LogP contribution in [-0.4, -0.2) is 13.2 Å². The van der Waals surface area contributed by atoms with Crippen LogP contribution in [-0.2, 0) is 77.1 Å². The minimum atomic E-state index is -9.24. The average molecular weight is 954 g/mol. The minimum Gasteiger partial charge on any atom is -0.381 e. The zero-order valence-electron chi connectivity index (χ0n) is 15.4. The Hall–Kier alpha value is 1.56. The summed E-state index contributed by atoms with van der Waals surface area (Å²) in [6.45, 7) is 7.86. The van der Waals surface area contributed by atoms with Crippen molar-refractivity contribution in [2.45, 2.75) is 57.4 Å². The molecule has 0 aromatic carbocycles. The fourth-order valence-electron chi connectivity index (χ4n) is 0.510. The molecule has 0 aliphatic carbocycles. The van der Waals surface area contributed by atoms with Crippen molar-refractivity contribution in [2.24, 2.45) is 0 Å². The van der Waals surface area contributed by atoms with E-state index >= 15 is 0 Å². The van der Waals surface area contributed by atoms with E-state index in [2.05, 4.69) is 0 Å². The molecule has 0 aromatic rings. The third-order valence-corrected chi connectivity index (χ3v) is 3.66. The maximum atomic E-state index is 10.8. The van der Waals surface area contributed by atoms with Gasteiger partial charge in [-0.05, 0) is 12.8 Å². The molecule has 0 bridgehead atoms. The Labute approximate surface area is 270 Å². The van der Waals surface area contributed by atoms with Crippen LogP contribution in [0, 0.1) is 0 Å². The summed E-state index contributed by atoms with van der Waals surface area (Å²) in [4.78, 5) is 0. The number of rotatable bonds is 3. The SMILES string of the molecule is C.C.C.C.C.C.C1CCOC1.C=CS(F)(F)(F)(F)F.C=CS(F)(F)(F)(F)F.C=CS(F)(F)(F)(F)F.[V].[W].[Y]. The van der Waals surface area contributed by atoms with Crippen molar-refractivity contribution in [1.82, 2.24) is 0 Å². The predicted molar refractivity (Wildman–Crippen MR) is 130 cm³/mol. The Balaban J connectivity index is -0.0000000221. The van der Waals surface area contributed by atoms with Gasteiger partial charge in [0, 0.05) is 85.5 Å². The van der Waals surface area contributed by atoms with Crippen LogP contribution in [0.5, 0.6) is 0 Å². The third-order valence-electron chi connectivity index (χ3n) is 1.77. The van der Waals surface area contributed by atoms with Crippen molar-refractivity contribution < 1.29 is 135 Å². The molecule has 0 spiro atoms. The second kappa shape index (κ2) is 18.3. The van der Waals surface area contributed by atoms with Crippen molar-refractivity contribution >= 4 is 30.7 Å². The van der Waals surface area contributed by atoms with Gasteiger partial charge in [0.05, 0.1) is 16.2 Å². The number of hydrogen-bond donors (Lipinski definition) is 0. The van der Waals surface area contributed by atoms with E-state index in [1.54, 1.807) is 0 Å². The van der Waals surface area contributed by atoms with Crippen LogP contribution in [0.15, 0.2) is 36.0 Å². The molecule has 22 heteroatoms. The number of ether oxygens (including phenoxy) is 1. The summed E-state index contributed by atoms with van der Waals surface area (Å²) < 4.78 is 167. The Kier molecular flexibility index (Phi) is 37.2. The first-order valence-corrected chi connectivity index (χ1v) is 12.4. The topological polar surface area (TPSA) is 9.23 Å². The molecule has 1 saturated heterocycles. The molecule has 0 atom stereocenters. The summed E-state index contributed by atoms with van der Waals surface area (Å²) in [5.41, 5.74) is 0. The van der Waals surface area contributed by atoms with Crippen LogP contribution in [0.4, 0.5) is 58.3 Å². The van der Waals surface area contributed by atoms with Gasteiger partial charge in [0.1, 0.15) is 0 Å². The molecule has 1 aliphatic rings. The molecule has 0 amide bonds. The largest absolute Gasteiger partial charge is 0.381 e. The van der Waals surface area contributed by atoms with Gasteiger partial charge in [-0.3, -0.25) is 0 Å². The Morgan fingerprint density at radius 1 is 0.447 bits per heavy atom. The molecular weight excluding hydrogens is 913 g/mol. The maximum absolute atomic E-state index is 10.8. The minimum absolute atomic E-state index is 0. The second-order valence-corrected chi connectivity index (χ2v) is 12.1. The van der Waals surface area contributed by atoms with Crippen LogP contribution in [0.3, 0.4) is 0 Å². The van der Waals surface area contributed by atoms with Gasteiger partial charge in [0.25, 0.3) is 0 Å². The Morgan fingerprint density at radius 3 is 0.579 bits per heavy atom. The molecule has 2 radical (unpaired) electrons. The fraction of sp³-hybridized carbons (Fsp3) is 0.625. The Morgan fingerprint density at radius 2 is 0.553 bits per heavy atom. The van der Waals surface area contributed by atoms with Crippen LogP contribution < -0.4 is 0 Å². The van der Waals surface area contributed by atoms with E-state index in [-0.39, 0.29) is 117 Å². The van der Waals surface area contributed by atoms with Gasteiger partial charge < -0.3 is 4.74 Å². The van der Waals surface area contributed by atoms with E-state index in [4.69, 9.17) is 4.74 Å². The maximum Gasteiger partial charge on any atom is 0.303 e. The molecule has 38 heavy (non-hydrogen) atoms. The summed E-state index contributed by atoms with van der Waals surface area (Å²) in [7, 11) is -27.7. The van der Waals surface area contributed by atoms with E-state index in [1.165, 1.54) is 12.8 Å². The third kappa shape index (κ3) is 108. The summed E-state index contributed by atoms with van der Waals surface area (Å²) in [5, 5.41) is -3.71. The van der Waals surface area contributed by atoms with E-state index < -0.39 is 46.9 Å². The first-order valence-electron chi connectivity index (χ1n) is 6.32. The molecule has 0 saturated carbocycles. The van der Waals surface area contributed by atoms with Crippen molar-refractivity contribution in [2.75, 3.05) is 13.2 Å². The number of halogens is 15.